The predicted octanol–water partition coefficient (Wildman–Crippen LogP) is 1.66. The molecular weight excluding hydrogens is 240 g/mol. The quantitative estimate of drug-likeness (QED) is 0.736. The molecule has 5 nitrogen and oxygen atoms in total. The van der Waals surface area contributed by atoms with Crippen molar-refractivity contribution in [1.82, 2.24) is 0 Å². The molecule has 5 heteroatoms. The van der Waals surface area contributed by atoms with Gasteiger partial charge < -0.3 is 0 Å². The van der Waals surface area contributed by atoms with Crippen LogP contribution in [0.25, 0.3) is 0 Å². The zero-order valence-electron chi connectivity index (χ0n) is 9.66. The Hall–Kier alpha value is -3.15. The molecule has 0 spiro atoms. The number of benzene rings is 1. The van der Waals surface area contributed by atoms with Crippen molar-refractivity contribution < 1.29 is 4.79 Å². The van der Waals surface area contributed by atoms with Gasteiger partial charge in [-0.3, -0.25) is 4.79 Å². The molecule has 0 bridgehead atoms. The van der Waals surface area contributed by atoms with Crippen LogP contribution in [-0.4, -0.2) is 6.29 Å². The van der Waals surface area contributed by atoms with Crippen molar-refractivity contribution in [3.8, 4) is 24.3 Å². The number of carbonyl (C=O) groups is 1. The zero-order valence-corrected chi connectivity index (χ0v) is 9.66. The SMILES string of the molecule is N#CC1(C#N)C(c2ccccc2C=O)C1(C#N)C#N. The second kappa shape index (κ2) is 3.95. The summed E-state index contributed by atoms with van der Waals surface area (Å²) in [4.78, 5) is 11.0. The lowest BCUT2D eigenvalue weighted by Gasteiger charge is -2.02. The molecule has 0 heterocycles. The van der Waals surface area contributed by atoms with Crippen molar-refractivity contribution in [2.45, 2.75) is 5.92 Å². The Morgan fingerprint density at radius 3 is 1.84 bits per heavy atom. The van der Waals surface area contributed by atoms with E-state index in [1.807, 2.05) is 0 Å². The summed E-state index contributed by atoms with van der Waals surface area (Å²) in [6, 6.07) is 13.5. The summed E-state index contributed by atoms with van der Waals surface area (Å²) in [5, 5.41) is 36.7. The highest BCUT2D eigenvalue weighted by Crippen LogP contribution is 2.73. The number of aldehydes is 1. The van der Waals surface area contributed by atoms with E-state index in [1.165, 1.54) is 6.07 Å². The second-order valence-electron chi connectivity index (χ2n) is 4.24. The molecule has 1 aliphatic carbocycles. The summed E-state index contributed by atoms with van der Waals surface area (Å²) in [7, 11) is 0. The lowest BCUT2D eigenvalue weighted by molar-refractivity contribution is 0.112. The maximum atomic E-state index is 11.0. The van der Waals surface area contributed by atoms with Crippen molar-refractivity contribution >= 4 is 6.29 Å². The van der Waals surface area contributed by atoms with E-state index < -0.39 is 16.7 Å². The third-order valence-corrected chi connectivity index (χ3v) is 3.54. The van der Waals surface area contributed by atoms with E-state index in [4.69, 9.17) is 0 Å². The van der Waals surface area contributed by atoms with Crippen molar-refractivity contribution in [3.63, 3.8) is 0 Å². The molecule has 88 valence electrons. The third-order valence-electron chi connectivity index (χ3n) is 3.54. The molecule has 0 saturated heterocycles. The van der Waals surface area contributed by atoms with Crippen molar-refractivity contribution in [2.75, 3.05) is 0 Å². The Labute approximate surface area is 109 Å². The van der Waals surface area contributed by atoms with E-state index in [2.05, 4.69) is 0 Å². The van der Waals surface area contributed by atoms with Gasteiger partial charge in [0.05, 0.1) is 30.2 Å². The summed E-state index contributed by atoms with van der Waals surface area (Å²) < 4.78 is 0. The highest BCUT2D eigenvalue weighted by Gasteiger charge is 2.82. The maximum absolute atomic E-state index is 11.0. The molecule has 0 N–H and O–H groups in total. The maximum Gasteiger partial charge on any atom is 0.185 e. The number of hydrogen-bond donors (Lipinski definition) is 0. The number of nitrogens with zero attached hydrogens (tertiary/aromatic N) is 4. The number of rotatable bonds is 2. The Bertz CT molecular complexity index is 658. The van der Waals surface area contributed by atoms with E-state index in [9.17, 15) is 25.8 Å². The molecule has 0 atom stereocenters. The van der Waals surface area contributed by atoms with Crippen LogP contribution in [0.2, 0.25) is 0 Å². The smallest absolute Gasteiger partial charge is 0.185 e. The van der Waals surface area contributed by atoms with Gasteiger partial charge in [-0.2, -0.15) is 21.0 Å². The Morgan fingerprint density at radius 1 is 0.947 bits per heavy atom. The third kappa shape index (κ3) is 1.22. The van der Waals surface area contributed by atoms with E-state index in [-0.39, 0.29) is 5.56 Å². The molecule has 1 fully saturated rings. The van der Waals surface area contributed by atoms with Gasteiger partial charge in [0.1, 0.15) is 6.29 Å². The molecule has 19 heavy (non-hydrogen) atoms. The van der Waals surface area contributed by atoms with E-state index in [0.29, 0.717) is 11.8 Å². The molecule has 0 aromatic heterocycles. The largest absolute Gasteiger partial charge is 0.298 e. The van der Waals surface area contributed by atoms with Crippen LogP contribution < -0.4 is 0 Å². The standard InChI is InChI=1S/C14H6N4O/c15-6-13(7-16)12(14(13,8-17)9-18)11-4-2-1-3-10(11)5-19/h1-5,12H. The zero-order chi connectivity index (χ0) is 14.1. The highest BCUT2D eigenvalue weighted by atomic mass is 16.1. The molecular formula is C14H6N4O. The van der Waals surface area contributed by atoms with Crippen LogP contribution in [0.4, 0.5) is 0 Å². The minimum absolute atomic E-state index is 0.287. The molecule has 1 saturated carbocycles. The minimum atomic E-state index is -1.71. The van der Waals surface area contributed by atoms with Crippen molar-refractivity contribution in [3.05, 3.63) is 35.4 Å². The van der Waals surface area contributed by atoms with Crippen LogP contribution >= 0.6 is 0 Å². The van der Waals surface area contributed by atoms with Gasteiger partial charge in [-0.15, -0.1) is 0 Å². The molecule has 0 amide bonds. The average molecular weight is 246 g/mol. The van der Waals surface area contributed by atoms with Gasteiger partial charge in [0, 0.05) is 5.56 Å². The average Bonchev–Trinajstić information content (AvgIpc) is 3.09. The fourth-order valence-corrected chi connectivity index (χ4v) is 2.48. The first-order chi connectivity index (χ1) is 9.17. The van der Waals surface area contributed by atoms with Gasteiger partial charge >= 0.3 is 0 Å². The lowest BCUT2D eigenvalue weighted by atomic mass is 9.98. The molecule has 0 unspecified atom stereocenters. The van der Waals surface area contributed by atoms with Crippen LogP contribution in [0.5, 0.6) is 0 Å². The fraction of sp³-hybridized carbons (Fsp3) is 0.214. The normalized spacial score (nSPS) is 18.1. The van der Waals surface area contributed by atoms with Gasteiger partial charge in [-0.25, -0.2) is 0 Å². The Morgan fingerprint density at radius 2 is 1.42 bits per heavy atom. The van der Waals surface area contributed by atoms with Gasteiger partial charge in [-0.1, -0.05) is 24.3 Å². The van der Waals surface area contributed by atoms with Crippen LogP contribution in [0.15, 0.2) is 24.3 Å². The van der Waals surface area contributed by atoms with E-state index >= 15 is 0 Å². The Balaban J connectivity index is 2.70. The number of hydrogen-bond acceptors (Lipinski definition) is 5. The molecule has 1 aliphatic rings. The van der Waals surface area contributed by atoms with Crippen LogP contribution in [-0.2, 0) is 0 Å². The summed E-state index contributed by atoms with van der Waals surface area (Å²) in [5.41, 5.74) is -2.75. The van der Waals surface area contributed by atoms with Crippen LogP contribution in [0.1, 0.15) is 21.8 Å². The van der Waals surface area contributed by atoms with Gasteiger partial charge in [0.2, 0.25) is 0 Å². The van der Waals surface area contributed by atoms with Gasteiger partial charge in [0.15, 0.2) is 10.8 Å². The van der Waals surface area contributed by atoms with Crippen LogP contribution in [0.3, 0.4) is 0 Å². The van der Waals surface area contributed by atoms with Gasteiger partial charge in [-0.05, 0) is 5.56 Å². The summed E-state index contributed by atoms with van der Waals surface area (Å²) in [6.07, 6.45) is 0.590. The summed E-state index contributed by atoms with van der Waals surface area (Å²) in [5.74, 6) is -0.883. The fourth-order valence-electron chi connectivity index (χ4n) is 2.48. The lowest BCUT2D eigenvalue weighted by Crippen LogP contribution is -2.05. The molecule has 1 aromatic carbocycles. The molecule has 0 radical (unpaired) electrons. The number of carbonyl (C=O) groups excluding carboxylic acids is 1. The highest BCUT2D eigenvalue weighted by molar-refractivity contribution is 5.79. The first kappa shape index (κ1) is 12.3. The Kier molecular flexibility index (Phi) is 2.56. The predicted molar refractivity (Wildman–Crippen MR) is 61.9 cm³/mol. The monoisotopic (exact) mass is 246 g/mol. The second-order valence-corrected chi connectivity index (χ2v) is 4.24. The number of nitriles is 4. The van der Waals surface area contributed by atoms with Gasteiger partial charge in [0.25, 0.3) is 0 Å². The molecule has 1 aromatic rings. The molecule has 2 rings (SSSR count). The van der Waals surface area contributed by atoms with E-state index in [1.54, 1.807) is 42.5 Å². The molecule has 0 aliphatic heterocycles. The van der Waals surface area contributed by atoms with Crippen molar-refractivity contribution in [1.29, 1.82) is 21.0 Å². The topological polar surface area (TPSA) is 112 Å². The minimum Gasteiger partial charge on any atom is -0.298 e. The first-order valence-electron chi connectivity index (χ1n) is 5.36. The summed E-state index contributed by atoms with van der Waals surface area (Å²) >= 11 is 0. The van der Waals surface area contributed by atoms with Crippen molar-refractivity contribution in [2.24, 2.45) is 10.8 Å². The first-order valence-corrected chi connectivity index (χ1v) is 5.36. The van der Waals surface area contributed by atoms with E-state index in [0.717, 1.165) is 0 Å². The summed E-state index contributed by atoms with van der Waals surface area (Å²) in [6.45, 7) is 0. The van der Waals surface area contributed by atoms with Crippen LogP contribution in [0, 0.1) is 56.2 Å².